The fourth-order valence-corrected chi connectivity index (χ4v) is 3.46. The lowest BCUT2D eigenvalue weighted by molar-refractivity contribution is -0.136. The summed E-state index contributed by atoms with van der Waals surface area (Å²) in [4.78, 5) is 25.0. The summed E-state index contributed by atoms with van der Waals surface area (Å²) in [6.45, 7) is 0.481. The lowest BCUT2D eigenvalue weighted by Crippen LogP contribution is -2.42. The van der Waals surface area contributed by atoms with E-state index in [0.717, 1.165) is 49.8 Å². The van der Waals surface area contributed by atoms with Crippen LogP contribution in [0.2, 0.25) is 0 Å². The van der Waals surface area contributed by atoms with Crippen molar-refractivity contribution in [2.24, 2.45) is 5.41 Å². The fraction of sp³-hybridized carbons (Fsp3) is 0.579. The number of rotatable bonds is 7. The molecule has 130 valence electrons. The lowest BCUT2D eigenvalue weighted by Gasteiger charge is -2.27. The third kappa shape index (κ3) is 4.08. The number of hydrogen-bond donors (Lipinski definition) is 2. The Hall–Kier alpha value is -2.04. The van der Waals surface area contributed by atoms with Crippen molar-refractivity contribution in [2.45, 2.75) is 57.5 Å². The van der Waals surface area contributed by atoms with Gasteiger partial charge in [0.05, 0.1) is 12.5 Å². The normalized spacial score (nSPS) is 18.9. The summed E-state index contributed by atoms with van der Waals surface area (Å²) >= 11 is 0. The van der Waals surface area contributed by atoms with Crippen LogP contribution in [0.25, 0.3) is 0 Å². The quantitative estimate of drug-likeness (QED) is 0.807. The highest BCUT2D eigenvalue weighted by atomic mass is 16.5. The minimum atomic E-state index is -0.522. The molecule has 2 fully saturated rings. The second kappa shape index (κ2) is 7.24. The van der Waals surface area contributed by atoms with E-state index < -0.39 is 5.41 Å². The van der Waals surface area contributed by atoms with Crippen molar-refractivity contribution < 1.29 is 14.3 Å². The minimum Gasteiger partial charge on any atom is -0.497 e. The van der Waals surface area contributed by atoms with Gasteiger partial charge in [0.15, 0.2) is 0 Å². The molecule has 0 aromatic heterocycles. The number of ether oxygens (including phenoxy) is 1. The molecule has 5 nitrogen and oxygen atoms in total. The number of benzene rings is 1. The summed E-state index contributed by atoms with van der Waals surface area (Å²) in [5.74, 6) is 0.842. The van der Waals surface area contributed by atoms with Crippen molar-refractivity contribution in [1.82, 2.24) is 10.6 Å². The second-order valence-corrected chi connectivity index (χ2v) is 7.04. The van der Waals surface area contributed by atoms with Gasteiger partial charge in [-0.2, -0.15) is 0 Å². The van der Waals surface area contributed by atoms with Crippen LogP contribution in [-0.4, -0.2) is 25.0 Å². The average Bonchev–Trinajstić information content (AvgIpc) is 3.27. The van der Waals surface area contributed by atoms with E-state index in [-0.39, 0.29) is 11.8 Å². The van der Waals surface area contributed by atoms with Crippen LogP contribution in [0.1, 0.15) is 50.5 Å². The molecule has 0 spiro atoms. The Balaban J connectivity index is 1.57. The zero-order chi connectivity index (χ0) is 17.0. The molecule has 2 amide bonds. The Kier molecular flexibility index (Phi) is 5.07. The summed E-state index contributed by atoms with van der Waals surface area (Å²) in [6, 6.07) is 8.00. The fourth-order valence-electron chi connectivity index (χ4n) is 3.46. The molecule has 0 saturated heterocycles. The first-order chi connectivity index (χ1) is 11.6. The van der Waals surface area contributed by atoms with E-state index in [2.05, 4.69) is 10.6 Å². The Morgan fingerprint density at radius 3 is 2.42 bits per heavy atom. The maximum atomic E-state index is 12.8. The van der Waals surface area contributed by atoms with Crippen molar-refractivity contribution >= 4 is 11.8 Å². The highest BCUT2D eigenvalue weighted by molar-refractivity contribution is 5.89. The third-order valence-electron chi connectivity index (χ3n) is 5.10. The standard InChI is InChI=1S/C19H26N2O3/c1-24-16-8-4-14(5-9-16)13-20-18(23)19(10-2-3-11-19)12-17(22)21-15-6-7-15/h4-5,8-9,15H,2-3,6-7,10-13H2,1H3,(H,20,23)(H,21,22). The van der Waals surface area contributed by atoms with E-state index in [4.69, 9.17) is 4.74 Å². The van der Waals surface area contributed by atoms with Gasteiger partial charge < -0.3 is 15.4 Å². The van der Waals surface area contributed by atoms with Crippen LogP contribution in [-0.2, 0) is 16.1 Å². The number of amides is 2. The summed E-state index contributed by atoms with van der Waals surface area (Å²) in [6.07, 6.45) is 6.11. The van der Waals surface area contributed by atoms with Crippen molar-refractivity contribution in [3.8, 4) is 5.75 Å². The molecule has 0 radical (unpaired) electrons. The maximum absolute atomic E-state index is 12.8. The monoisotopic (exact) mass is 330 g/mol. The van der Waals surface area contributed by atoms with Gasteiger partial charge in [0, 0.05) is 19.0 Å². The van der Waals surface area contributed by atoms with E-state index in [0.29, 0.717) is 19.0 Å². The Bertz CT molecular complexity index is 587. The Labute approximate surface area is 143 Å². The number of hydrogen-bond acceptors (Lipinski definition) is 3. The van der Waals surface area contributed by atoms with Crippen molar-refractivity contribution in [1.29, 1.82) is 0 Å². The first-order valence-corrected chi connectivity index (χ1v) is 8.82. The zero-order valence-corrected chi connectivity index (χ0v) is 14.3. The van der Waals surface area contributed by atoms with Gasteiger partial charge >= 0.3 is 0 Å². The molecule has 0 unspecified atom stereocenters. The van der Waals surface area contributed by atoms with E-state index in [1.165, 1.54) is 0 Å². The molecule has 24 heavy (non-hydrogen) atoms. The van der Waals surface area contributed by atoms with Gasteiger partial charge in [-0.05, 0) is 43.4 Å². The molecule has 2 N–H and O–H groups in total. The number of nitrogens with one attached hydrogen (secondary N) is 2. The topological polar surface area (TPSA) is 67.4 Å². The smallest absolute Gasteiger partial charge is 0.227 e. The summed E-state index contributed by atoms with van der Waals surface area (Å²) in [5, 5.41) is 6.05. The zero-order valence-electron chi connectivity index (χ0n) is 14.3. The lowest BCUT2D eigenvalue weighted by atomic mass is 9.81. The van der Waals surface area contributed by atoms with Gasteiger partial charge in [0.1, 0.15) is 5.75 Å². The van der Waals surface area contributed by atoms with Gasteiger partial charge in [-0.1, -0.05) is 25.0 Å². The van der Waals surface area contributed by atoms with Crippen LogP contribution in [0.15, 0.2) is 24.3 Å². The van der Waals surface area contributed by atoms with E-state index in [1.807, 2.05) is 24.3 Å². The molecular formula is C19H26N2O3. The number of carbonyl (C=O) groups excluding carboxylic acids is 2. The van der Waals surface area contributed by atoms with Crippen LogP contribution >= 0.6 is 0 Å². The van der Waals surface area contributed by atoms with Crippen LogP contribution in [0, 0.1) is 5.41 Å². The molecule has 2 aliphatic carbocycles. The highest BCUT2D eigenvalue weighted by Gasteiger charge is 2.43. The largest absolute Gasteiger partial charge is 0.497 e. The van der Waals surface area contributed by atoms with Gasteiger partial charge in [-0.25, -0.2) is 0 Å². The van der Waals surface area contributed by atoms with Crippen LogP contribution in [0.5, 0.6) is 5.75 Å². The van der Waals surface area contributed by atoms with Crippen LogP contribution in [0.3, 0.4) is 0 Å². The predicted molar refractivity (Wildman–Crippen MR) is 91.5 cm³/mol. The first-order valence-electron chi connectivity index (χ1n) is 8.82. The molecule has 0 aliphatic heterocycles. The minimum absolute atomic E-state index is 0.0155. The number of carbonyl (C=O) groups is 2. The number of methoxy groups -OCH3 is 1. The van der Waals surface area contributed by atoms with Gasteiger partial charge in [-0.15, -0.1) is 0 Å². The molecule has 0 bridgehead atoms. The average molecular weight is 330 g/mol. The maximum Gasteiger partial charge on any atom is 0.227 e. The van der Waals surface area contributed by atoms with Gasteiger partial charge in [0.2, 0.25) is 11.8 Å². The van der Waals surface area contributed by atoms with Crippen molar-refractivity contribution in [2.75, 3.05) is 7.11 Å². The highest BCUT2D eigenvalue weighted by Crippen LogP contribution is 2.41. The first kappa shape index (κ1) is 16.8. The molecule has 5 heteroatoms. The molecule has 0 heterocycles. The summed E-state index contributed by atoms with van der Waals surface area (Å²) in [5.41, 5.74) is 0.505. The SMILES string of the molecule is COc1ccc(CNC(=O)C2(CC(=O)NC3CC3)CCCC2)cc1. The van der Waals surface area contributed by atoms with Crippen molar-refractivity contribution in [3.63, 3.8) is 0 Å². The van der Waals surface area contributed by atoms with Gasteiger partial charge in [-0.3, -0.25) is 9.59 Å². The molecule has 0 atom stereocenters. The predicted octanol–water partition coefficient (Wildman–Crippen LogP) is 2.54. The molecule has 2 saturated carbocycles. The van der Waals surface area contributed by atoms with Gasteiger partial charge in [0.25, 0.3) is 0 Å². The Morgan fingerprint density at radius 1 is 1.17 bits per heavy atom. The third-order valence-corrected chi connectivity index (χ3v) is 5.10. The Morgan fingerprint density at radius 2 is 1.83 bits per heavy atom. The molecular weight excluding hydrogens is 304 g/mol. The summed E-state index contributed by atoms with van der Waals surface area (Å²) in [7, 11) is 1.63. The van der Waals surface area contributed by atoms with E-state index in [9.17, 15) is 9.59 Å². The van der Waals surface area contributed by atoms with E-state index in [1.54, 1.807) is 7.11 Å². The second-order valence-electron chi connectivity index (χ2n) is 7.04. The van der Waals surface area contributed by atoms with Crippen molar-refractivity contribution in [3.05, 3.63) is 29.8 Å². The summed E-state index contributed by atoms with van der Waals surface area (Å²) < 4.78 is 5.14. The van der Waals surface area contributed by atoms with Crippen LogP contribution < -0.4 is 15.4 Å². The molecule has 2 aliphatic rings. The molecule has 3 rings (SSSR count). The molecule has 1 aromatic rings. The molecule has 1 aromatic carbocycles. The van der Waals surface area contributed by atoms with E-state index >= 15 is 0 Å². The van der Waals surface area contributed by atoms with Crippen LogP contribution in [0.4, 0.5) is 0 Å².